The van der Waals surface area contributed by atoms with Gasteiger partial charge in [0, 0.05) is 31.4 Å². The van der Waals surface area contributed by atoms with E-state index in [2.05, 4.69) is 36.1 Å². The summed E-state index contributed by atoms with van der Waals surface area (Å²) in [6, 6.07) is 3.08. The zero-order chi connectivity index (χ0) is 13.0. The molecule has 0 aliphatic carbocycles. The van der Waals surface area contributed by atoms with Crippen LogP contribution in [0.2, 0.25) is 0 Å². The van der Waals surface area contributed by atoms with Crippen molar-refractivity contribution in [3.05, 3.63) is 18.0 Å². The minimum Gasteiger partial charge on any atom is -0.396 e. The Balaban J connectivity index is 1.97. The first-order chi connectivity index (χ1) is 8.70. The van der Waals surface area contributed by atoms with Crippen LogP contribution in [0.25, 0.3) is 0 Å². The molecule has 102 valence electrons. The molecular formula is C14H25N3O. The topological polar surface area (TPSA) is 41.3 Å². The van der Waals surface area contributed by atoms with E-state index in [1.54, 1.807) is 0 Å². The number of likely N-dealkylation sites (tertiary alicyclic amines) is 1. The van der Waals surface area contributed by atoms with E-state index in [9.17, 15) is 0 Å². The summed E-state index contributed by atoms with van der Waals surface area (Å²) in [6.45, 7) is 6.64. The molecule has 1 saturated heterocycles. The smallest absolute Gasteiger partial charge is 0.0764 e. The molecule has 0 aromatic carbocycles. The van der Waals surface area contributed by atoms with Crippen LogP contribution in [0.5, 0.6) is 0 Å². The number of aliphatic hydroxyl groups is 1. The minimum absolute atomic E-state index is 0.293. The van der Waals surface area contributed by atoms with Gasteiger partial charge in [0.1, 0.15) is 0 Å². The van der Waals surface area contributed by atoms with E-state index in [0.29, 0.717) is 18.7 Å². The van der Waals surface area contributed by atoms with Gasteiger partial charge in [-0.15, -0.1) is 0 Å². The van der Waals surface area contributed by atoms with Crippen molar-refractivity contribution in [1.29, 1.82) is 0 Å². The van der Waals surface area contributed by atoms with Crippen molar-refractivity contribution in [2.24, 2.45) is 0 Å². The molecule has 1 atom stereocenters. The molecule has 1 aromatic heterocycles. The first-order valence-corrected chi connectivity index (χ1v) is 7.09. The van der Waals surface area contributed by atoms with Crippen LogP contribution in [0, 0.1) is 0 Å². The molecule has 1 aliphatic rings. The van der Waals surface area contributed by atoms with Crippen molar-refractivity contribution < 1.29 is 5.11 Å². The van der Waals surface area contributed by atoms with Gasteiger partial charge in [0.05, 0.1) is 5.69 Å². The van der Waals surface area contributed by atoms with Gasteiger partial charge in [-0.3, -0.25) is 9.58 Å². The molecule has 0 amide bonds. The van der Waals surface area contributed by atoms with Crippen molar-refractivity contribution >= 4 is 0 Å². The maximum absolute atomic E-state index is 9.13. The Morgan fingerprint density at radius 1 is 1.44 bits per heavy atom. The number of hydrogen-bond donors (Lipinski definition) is 1. The fourth-order valence-corrected chi connectivity index (χ4v) is 2.70. The predicted molar refractivity (Wildman–Crippen MR) is 72.4 cm³/mol. The second kappa shape index (κ2) is 6.34. The summed E-state index contributed by atoms with van der Waals surface area (Å²) in [6.07, 6.45) is 6.73. The number of nitrogens with zero attached hydrogens (tertiary/aromatic N) is 3. The standard InChI is InChI=1S/C14H25N3O/c1-12(2)17-9-6-13(15-17)11-16-8-4-3-5-14(16)7-10-18/h6,9,12,14,18H,3-5,7-8,10-11H2,1-2H3. The summed E-state index contributed by atoms with van der Waals surface area (Å²) in [5, 5.41) is 13.7. The summed E-state index contributed by atoms with van der Waals surface area (Å²) in [4.78, 5) is 2.48. The molecule has 18 heavy (non-hydrogen) atoms. The molecule has 2 rings (SSSR count). The largest absolute Gasteiger partial charge is 0.396 e. The number of aliphatic hydroxyl groups excluding tert-OH is 1. The van der Waals surface area contributed by atoms with Crippen molar-refractivity contribution in [2.45, 2.75) is 58.2 Å². The van der Waals surface area contributed by atoms with Crippen molar-refractivity contribution in [3.8, 4) is 0 Å². The maximum atomic E-state index is 9.13. The molecule has 1 N–H and O–H groups in total. The summed E-state index contributed by atoms with van der Waals surface area (Å²) in [5.41, 5.74) is 1.15. The Morgan fingerprint density at radius 3 is 2.94 bits per heavy atom. The van der Waals surface area contributed by atoms with Crippen LogP contribution >= 0.6 is 0 Å². The highest BCUT2D eigenvalue weighted by atomic mass is 16.3. The lowest BCUT2D eigenvalue weighted by Crippen LogP contribution is -2.39. The number of rotatable bonds is 5. The lowest BCUT2D eigenvalue weighted by Gasteiger charge is -2.34. The molecule has 0 radical (unpaired) electrons. The summed E-state index contributed by atoms with van der Waals surface area (Å²) >= 11 is 0. The highest BCUT2D eigenvalue weighted by Crippen LogP contribution is 2.21. The molecule has 1 fully saturated rings. The Hall–Kier alpha value is -0.870. The highest BCUT2D eigenvalue weighted by Gasteiger charge is 2.22. The average molecular weight is 251 g/mol. The van der Waals surface area contributed by atoms with Gasteiger partial charge in [0.2, 0.25) is 0 Å². The second-order valence-corrected chi connectivity index (χ2v) is 5.51. The Labute approximate surface area is 110 Å². The van der Waals surface area contributed by atoms with E-state index in [-0.39, 0.29) is 0 Å². The van der Waals surface area contributed by atoms with Crippen LogP contribution in [0.4, 0.5) is 0 Å². The number of aromatic nitrogens is 2. The molecule has 2 heterocycles. The third kappa shape index (κ3) is 3.33. The predicted octanol–water partition coefficient (Wildman–Crippen LogP) is 2.20. The number of piperidine rings is 1. The van der Waals surface area contributed by atoms with Crippen molar-refractivity contribution in [3.63, 3.8) is 0 Å². The third-order valence-electron chi connectivity index (χ3n) is 3.77. The zero-order valence-electron chi connectivity index (χ0n) is 11.5. The molecular weight excluding hydrogens is 226 g/mol. The Kier molecular flexibility index (Phi) is 4.78. The Morgan fingerprint density at radius 2 is 2.28 bits per heavy atom. The SMILES string of the molecule is CC(C)n1ccc(CN2CCCCC2CCO)n1. The zero-order valence-corrected chi connectivity index (χ0v) is 11.5. The molecule has 0 spiro atoms. The van der Waals surface area contributed by atoms with Gasteiger partial charge in [0.15, 0.2) is 0 Å². The molecule has 1 aromatic rings. The van der Waals surface area contributed by atoms with Crippen LogP contribution in [0.15, 0.2) is 12.3 Å². The van der Waals surface area contributed by atoms with Gasteiger partial charge >= 0.3 is 0 Å². The van der Waals surface area contributed by atoms with Crippen LogP contribution in [-0.4, -0.2) is 39.0 Å². The normalized spacial score (nSPS) is 21.7. The fourth-order valence-electron chi connectivity index (χ4n) is 2.70. The van der Waals surface area contributed by atoms with Gasteiger partial charge in [0.25, 0.3) is 0 Å². The third-order valence-corrected chi connectivity index (χ3v) is 3.77. The summed E-state index contributed by atoms with van der Waals surface area (Å²) in [5.74, 6) is 0. The van der Waals surface area contributed by atoms with Gasteiger partial charge in [-0.25, -0.2) is 0 Å². The fraction of sp³-hybridized carbons (Fsp3) is 0.786. The van der Waals surface area contributed by atoms with Crippen LogP contribution in [0.1, 0.15) is 51.3 Å². The van der Waals surface area contributed by atoms with Crippen LogP contribution in [0.3, 0.4) is 0 Å². The van der Waals surface area contributed by atoms with Crippen LogP contribution in [-0.2, 0) is 6.54 Å². The molecule has 0 bridgehead atoms. The average Bonchev–Trinajstić information content (AvgIpc) is 2.81. The van der Waals surface area contributed by atoms with E-state index in [1.165, 1.54) is 19.3 Å². The Bertz CT molecular complexity index is 360. The molecule has 1 aliphatic heterocycles. The quantitative estimate of drug-likeness (QED) is 0.872. The lowest BCUT2D eigenvalue weighted by molar-refractivity contribution is 0.111. The maximum Gasteiger partial charge on any atom is 0.0764 e. The summed E-state index contributed by atoms with van der Waals surface area (Å²) < 4.78 is 2.01. The minimum atomic E-state index is 0.293. The van der Waals surface area contributed by atoms with Gasteiger partial charge < -0.3 is 5.11 Å². The number of hydrogen-bond acceptors (Lipinski definition) is 3. The first-order valence-electron chi connectivity index (χ1n) is 7.09. The van der Waals surface area contributed by atoms with Gasteiger partial charge in [-0.1, -0.05) is 6.42 Å². The van der Waals surface area contributed by atoms with E-state index in [0.717, 1.165) is 25.2 Å². The monoisotopic (exact) mass is 251 g/mol. The van der Waals surface area contributed by atoms with Gasteiger partial charge in [-0.05, 0) is 45.7 Å². The lowest BCUT2D eigenvalue weighted by atomic mass is 9.99. The molecule has 4 nitrogen and oxygen atoms in total. The first kappa shape index (κ1) is 13.6. The molecule has 0 saturated carbocycles. The summed E-state index contributed by atoms with van der Waals surface area (Å²) in [7, 11) is 0. The second-order valence-electron chi connectivity index (χ2n) is 5.51. The van der Waals surface area contributed by atoms with E-state index in [1.807, 2.05) is 4.68 Å². The van der Waals surface area contributed by atoms with Crippen molar-refractivity contribution in [2.75, 3.05) is 13.2 Å². The highest BCUT2D eigenvalue weighted by molar-refractivity contribution is 5.00. The van der Waals surface area contributed by atoms with Gasteiger partial charge in [-0.2, -0.15) is 5.10 Å². The van der Waals surface area contributed by atoms with Crippen molar-refractivity contribution in [1.82, 2.24) is 14.7 Å². The molecule has 1 unspecified atom stereocenters. The van der Waals surface area contributed by atoms with E-state index < -0.39 is 0 Å². The molecule has 4 heteroatoms. The van der Waals surface area contributed by atoms with E-state index >= 15 is 0 Å². The van der Waals surface area contributed by atoms with Crippen LogP contribution < -0.4 is 0 Å². The van der Waals surface area contributed by atoms with E-state index in [4.69, 9.17) is 5.11 Å².